The molecule has 0 atom stereocenters. The van der Waals surface area contributed by atoms with E-state index in [1.165, 1.54) is 27.8 Å². The highest BCUT2D eigenvalue weighted by atomic mass is 35.5. The SMILES string of the molecule is CCCCc1ccc(NC(=O)Cn2cnc3c(-c4ccc(Cl)cc4)csc3c2=O)cc1. The highest BCUT2D eigenvalue weighted by Crippen LogP contribution is 2.31. The van der Waals surface area contributed by atoms with Gasteiger partial charge < -0.3 is 5.32 Å². The van der Waals surface area contributed by atoms with Crippen LogP contribution in [0.15, 0.2) is 65.0 Å². The number of nitrogens with one attached hydrogen (secondary N) is 1. The lowest BCUT2D eigenvalue weighted by molar-refractivity contribution is -0.116. The van der Waals surface area contributed by atoms with Crippen LogP contribution in [0.2, 0.25) is 5.02 Å². The van der Waals surface area contributed by atoms with Crippen LogP contribution in [0.25, 0.3) is 21.3 Å². The van der Waals surface area contributed by atoms with Crippen LogP contribution in [0.1, 0.15) is 25.3 Å². The molecular weight excluding hydrogens is 430 g/mol. The smallest absolute Gasteiger partial charge is 0.271 e. The van der Waals surface area contributed by atoms with Crippen LogP contribution in [0, 0.1) is 0 Å². The summed E-state index contributed by atoms with van der Waals surface area (Å²) in [4.78, 5) is 29.8. The first-order valence-electron chi connectivity index (χ1n) is 10.2. The van der Waals surface area contributed by atoms with E-state index >= 15 is 0 Å². The van der Waals surface area contributed by atoms with Gasteiger partial charge >= 0.3 is 0 Å². The Labute approximate surface area is 189 Å². The average Bonchev–Trinajstić information content (AvgIpc) is 3.21. The molecule has 0 fully saturated rings. The number of amides is 1. The Morgan fingerprint density at radius 3 is 2.58 bits per heavy atom. The van der Waals surface area contributed by atoms with Gasteiger partial charge in [-0.15, -0.1) is 11.3 Å². The summed E-state index contributed by atoms with van der Waals surface area (Å²) in [5.41, 5.74) is 4.21. The Bertz CT molecular complexity index is 1260. The van der Waals surface area contributed by atoms with Crippen LogP contribution in [0.4, 0.5) is 5.69 Å². The molecule has 7 heteroatoms. The number of aromatic nitrogens is 2. The van der Waals surface area contributed by atoms with Gasteiger partial charge in [-0.1, -0.05) is 49.2 Å². The van der Waals surface area contributed by atoms with Crippen LogP contribution < -0.4 is 10.9 Å². The number of aryl methyl sites for hydroxylation is 1. The number of nitrogens with zero attached hydrogens (tertiary/aromatic N) is 2. The van der Waals surface area contributed by atoms with Crippen molar-refractivity contribution in [3.05, 3.63) is 81.2 Å². The summed E-state index contributed by atoms with van der Waals surface area (Å²) in [5, 5.41) is 5.41. The van der Waals surface area contributed by atoms with Crippen molar-refractivity contribution in [1.29, 1.82) is 0 Å². The van der Waals surface area contributed by atoms with E-state index in [1.807, 2.05) is 53.9 Å². The zero-order valence-electron chi connectivity index (χ0n) is 17.1. The number of fused-ring (bicyclic) bond motifs is 1. The van der Waals surface area contributed by atoms with E-state index < -0.39 is 0 Å². The number of anilines is 1. The molecule has 0 aliphatic carbocycles. The minimum absolute atomic E-state index is 0.0897. The molecule has 0 saturated carbocycles. The Kier molecular flexibility index (Phi) is 6.49. The van der Waals surface area contributed by atoms with Crippen molar-refractivity contribution < 1.29 is 4.79 Å². The number of carbonyl (C=O) groups excluding carboxylic acids is 1. The number of rotatable bonds is 7. The molecule has 0 aliphatic rings. The van der Waals surface area contributed by atoms with E-state index in [2.05, 4.69) is 17.2 Å². The number of halogens is 1. The van der Waals surface area contributed by atoms with Gasteiger partial charge in [-0.05, 0) is 48.2 Å². The fourth-order valence-corrected chi connectivity index (χ4v) is 4.48. The van der Waals surface area contributed by atoms with Gasteiger partial charge in [-0.3, -0.25) is 14.2 Å². The molecule has 0 spiro atoms. The highest BCUT2D eigenvalue weighted by Gasteiger charge is 2.14. The molecule has 2 aromatic heterocycles. The molecule has 2 heterocycles. The first kappa shape index (κ1) is 21.3. The summed E-state index contributed by atoms with van der Waals surface area (Å²) in [6.07, 6.45) is 4.76. The monoisotopic (exact) mass is 451 g/mol. The lowest BCUT2D eigenvalue weighted by Gasteiger charge is -2.08. The van der Waals surface area contributed by atoms with Gasteiger partial charge in [0.25, 0.3) is 5.56 Å². The fraction of sp³-hybridized carbons (Fsp3) is 0.208. The van der Waals surface area contributed by atoms with Crippen molar-refractivity contribution in [2.45, 2.75) is 32.7 Å². The number of benzene rings is 2. The predicted molar refractivity (Wildman–Crippen MR) is 128 cm³/mol. The van der Waals surface area contributed by atoms with Gasteiger partial charge in [-0.2, -0.15) is 0 Å². The topological polar surface area (TPSA) is 64.0 Å². The normalized spacial score (nSPS) is 11.0. The molecule has 0 saturated heterocycles. The van der Waals surface area contributed by atoms with E-state index in [-0.39, 0.29) is 18.0 Å². The molecule has 5 nitrogen and oxygen atoms in total. The number of hydrogen-bond acceptors (Lipinski definition) is 4. The molecule has 31 heavy (non-hydrogen) atoms. The lowest BCUT2D eigenvalue weighted by atomic mass is 10.1. The third-order valence-corrected chi connectivity index (χ3v) is 6.28. The van der Waals surface area contributed by atoms with Crippen LogP contribution >= 0.6 is 22.9 Å². The molecule has 0 bridgehead atoms. The highest BCUT2D eigenvalue weighted by molar-refractivity contribution is 7.17. The van der Waals surface area contributed by atoms with Crippen molar-refractivity contribution in [3.63, 3.8) is 0 Å². The molecular formula is C24H22ClN3O2S. The van der Waals surface area contributed by atoms with Crippen LogP contribution in [0.5, 0.6) is 0 Å². The average molecular weight is 452 g/mol. The van der Waals surface area contributed by atoms with Crippen molar-refractivity contribution in [3.8, 4) is 11.1 Å². The van der Waals surface area contributed by atoms with Crippen molar-refractivity contribution in [2.24, 2.45) is 0 Å². The van der Waals surface area contributed by atoms with E-state index in [9.17, 15) is 9.59 Å². The molecule has 0 aliphatic heterocycles. The quantitative estimate of drug-likeness (QED) is 0.388. The predicted octanol–water partition coefficient (Wildman–Crippen LogP) is 5.76. The van der Waals surface area contributed by atoms with Crippen molar-refractivity contribution in [2.75, 3.05) is 5.32 Å². The van der Waals surface area contributed by atoms with Gasteiger partial charge in [0, 0.05) is 21.7 Å². The first-order valence-corrected chi connectivity index (χ1v) is 11.4. The summed E-state index contributed by atoms with van der Waals surface area (Å²) in [6.45, 7) is 2.07. The number of carbonyl (C=O) groups is 1. The second-order valence-electron chi connectivity index (χ2n) is 7.36. The van der Waals surface area contributed by atoms with E-state index in [0.29, 0.717) is 20.9 Å². The van der Waals surface area contributed by atoms with E-state index in [4.69, 9.17) is 11.6 Å². The minimum Gasteiger partial charge on any atom is -0.325 e. The fourth-order valence-electron chi connectivity index (χ4n) is 3.38. The maximum absolute atomic E-state index is 12.9. The van der Waals surface area contributed by atoms with E-state index in [1.54, 1.807) is 0 Å². The zero-order valence-corrected chi connectivity index (χ0v) is 18.7. The molecule has 1 N–H and O–H groups in total. The van der Waals surface area contributed by atoms with Gasteiger partial charge in [0.2, 0.25) is 5.91 Å². The first-order chi connectivity index (χ1) is 15.0. The molecule has 158 valence electrons. The Morgan fingerprint density at radius 1 is 1.13 bits per heavy atom. The van der Waals surface area contributed by atoms with Crippen LogP contribution in [0.3, 0.4) is 0 Å². The second-order valence-corrected chi connectivity index (χ2v) is 8.68. The summed E-state index contributed by atoms with van der Waals surface area (Å²) in [7, 11) is 0. The largest absolute Gasteiger partial charge is 0.325 e. The van der Waals surface area contributed by atoms with Gasteiger partial charge in [0.05, 0.1) is 11.8 Å². The maximum atomic E-state index is 12.9. The molecule has 2 aromatic carbocycles. The minimum atomic E-state index is -0.265. The van der Waals surface area contributed by atoms with Crippen LogP contribution in [-0.2, 0) is 17.8 Å². The number of thiophene rings is 1. The summed E-state index contributed by atoms with van der Waals surface area (Å²) in [6, 6.07) is 15.3. The van der Waals surface area contributed by atoms with E-state index in [0.717, 1.165) is 30.4 Å². The summed E-state index contributed by atoms with van der Waals surface area (Å²) in [5.74, 6) is -0.265. The van der Waals surface area contributed by atoms with Gasteiger partial charge in [0.15, 0.2) is 0 Å². The molecule has 1 amide bonds. The Hall–Kier alpha value is -2.96. The lowest BCUT2D eigenvalue weighted by Crippen LogP contribution is -2.27. The molecule has 4 aromatic rings. The third kappa shape index (κ3) is 4.86. The summed E-state index contributed by atoms with van der Waals surface area (Å²) < 4.78 is 1.87. The summed E-state index contributed by atoms with van der Waals surface area (Å²) >= 11 is 7.30. The number of unbranched alkanes of at least 4 members (excludes halogenated alkanes) is 1. The number of hydrogen-bond donors (Lipinski definition) is 1. The van der Waals surface area contributed by atoms with Crippen molar-refractivity contribution in [1.82, 2.24) is 9.55 Å². The van der Waals surface area contributed by atoms with Gasteiger partial charge in [-0.25, -0.2) is 4.98 Å². The van der Waals surface area contributed by atoms with Crippen LogP contribution in [-0.4, -0.2) is 15.5 Å². The molecule has 0 radical (unpaired) electrons. The maximum Gasteiger partial charge on any atom is 0.271 e. The molecule has 0 unspecified atom stereocenters. The molecule has 4 rings (SSSR count). The third-order valence-electron chi connectivity index (χ3n) is 5.07. The Balaban J connectivity index is 1.49. The standard InChI is InChI=1S/C24H22ClN3O2S/c1-2-3-4-16-5-11-19(12-6-16)27-21(29)13-28-15-26-22-20(14-31-23(22)24(28)30)17-7-9-18(25)10-8-17/h5-12,14-15H,2-4,13H2,1H3,(H,27,29). The zero-order chi connectivity index (χ0) is 21.8. The van der Waals surface area contributed by atoms with Crippen molar-refractivity contribution >= 4 is 44.7 Å². The Morgan fingerprint density at radius 2 is 1.87 bits per heavy atom. The van der Waals surface area contributed by atoms with Gasteiger partial charge in [0.1, 0.15) is 11.2 Å². The second kappa shape index (κ2) is 9.45.